The third-order valence-corrected chi connectivity index (χ3v) is 5.11. The van der Waals surface area contributed by atoms with Crippen LogP contribution >= 0.6 is 11.3 Å². The van der Waals surface area contributed by atoms with Gasteiger partial charge in [0.1, 0.15) is 4.83 Å². The molecule has 136 valence electrons. The number of rotatable bonds is 3. The zero-order chi connectivity index (χ0) is 19.1. The lowest BCUT2D eigenvalue weighted by Crippen LogP contribution is -2.19. The van der Waals surface area contributed by atoms with Crippen LogP contribution in [-0.4, -0.2) is 15.5 Å². The molecule has 0 radical (unpaired) electrons. The lowest BCUT2D eigenvalue weighted by Gasteiger charge is -2.09. The summed E-state index contributed by atoms with van der Waals surface area (Å²) in [5.41, 5.74) is -0.601. The first-order valence-corrected chi connectivity index (χ1v) is 8.51. The van der Waals surface area contributed by atoms with Gasteiger partial charge in [0.05, 0.1) is 22.2 Å². The molecule has 5 nitrogen and oxygen atoms in total. The van der Waals surface area contributed by atoms with Crippen LogP contribution in [0.2, 0.25) is 0 Å². The smallest absolute Gasteiger partial charge is 0.321 e. The van der Waals surface area contributed by atoms with Gasteiger partial charge in [-0.15, -0.1) is 11.3 Å². The van der Waals surface area contributed by atoms with Crippen molar-refractivity contribution in [1.82, 2.24) is 9.55 Å². The van der Waals surface area contributed by atoms with Gasteiger partial charge in [0.25, 0.3) is 11.5 Å². The number of alkyl halides is 3. The lowest BCUT2D eigenvalue weighted by molar-refractivity contribution is -0.137. The maximum absolute atomic E-state index is 12.8. The monoisotopic (exact) mass is 381 g/mol. The Kier molecular flexibility index (Phi) is 4.57. The number of carbonyl (C=O) groups is 1. The molecule has 0 fully saturated rings. The number of benzene rings is 1. The molecule has 9 heteroatoms. The fourth-order valence-electron chi connectivity index (χ4n) is 2.56. The number of nitrogens with one attached hydrogen (secondary N) is 1. The molecular weight excluding hydrogens is 367 g/mol. The second kappa shape index (κ2) is 6.56. The second-order valence-electron chi connectivity index (χ2n) is 5.60. The largest absolute Gasteiger partial charge is 0.416 e. The van der Waals surface area contributed by atoms with Crippen molar-refractivity contribution in [2.75, 3.05) is 5.32 Å². The number of halogens is 3. The standard InChI is InChI=1S/C17H14F3N3O2S/c1-3-23-8-21-15-12(16(23)25)9(2)13(26-15)14(24)22-11-6-4-5-10(7-11)17(18,19)20/h4-8H,3H2,1-2H3,(H,22,24). The van der Waals surface area contributed by atoms with Crippen molar-refractivity contribution in [3.8, 4) is 0 Å². The number of nitrogens with zero attached hydrogens (tertiary/aromatic N) is 2. The molecule has 2 aromatic heterocycles. The normalized spacial score (nSPS) is 11.7. The highest BCUT2D eigenvalue weighted by atomic mass is 32.1. The number of thiophene rings is 1. The second-order valence-corrected chi connectivity index (χ2v) is 6.60. The Morgan fingerprint density at radius 2 is 2.08 bits per heavy atom. The number of anilines is 1. The molecule has 3 aromatic rings. The Hall–Kier alpha value is -2.68. The molecule has 0 atom stereocenters. The Morgan fingerprint density at radius 3 is 2.73 bits per heavy atom. The quantitative estimate of drug-likeness (QED) is 0.744. The number of hydrogen-bond donors (Lipinski definition) is 1. The van der Waals surface area contributed by atoms with Gasteiger partial charge in [0.15, 0.2) is 0 Å². The molecule has 0 spiro atoms. The van der Waals surface area contributed by atoms with E-state index in [1.54, 1.807) is 13.8 Å². The molecule has 2 heterocycles. The van der Waals surface area contributed by atoms with Gasteiger partial charge >= 0.3 is 6.18 Å². The minimum absolute atomic E-state index is 0.0283. The maximum atomic E-state index is 12.8. The molecule has 0 aliphatic rings. The highest BCUT2D eigenvalue weighted by molar-refractivity contribution is 7.20. The summed E-state index contributed by atoms with van der Waals surface area (Å²) >= 11 is 1.04. The van der Waals surface area contributed by atoms with E-state index in [1.165, 1.54) is 23.0 Å². The van der Waals surface area contributed by atoms with Crippen LogP contribution in [-0.2, 0) is 12.7 Å². The minimum atomic E-state index is -4.50. The van der Waals surface area contributed by atoms with E-state index in [9.17, 15) is 22.8 Å². The molecule has 1 amide bonds. The van der Waals surface area contributed by atoms with Crippen LogP contribution in [0.4, 0.5) is 18.9 Å². The average molecular weight is 381 g/mol. The van der Waals surface area contributed by atoms with Crippen molar-refractivity contribution in [2.45, 2.75) is 26.6 Å². The molecule has 0 aliphatic heterocycles. The third-order valence-electron chi connectivity index (χ3n) is 3.91. The summed E-state index contributed by atoms with van der Waals surface area (Å²) in [6, 6.07) is 4.39. The molecule has 0 bridgehead atoms. The first-order valence-electron chi connectivity index (χ1n) is 7.69. The predicted molar refractivity (Wildman–Crippen MR) is 93.7 cm³/mol. The summed E-state index contributed by atoms with van der Waals surface area (Å²) in [7, 11) is 0. The van der Waals surface area contributed by atoms with Gasteiger partial charge in [0, 0.05) is 12.2 Å². The molecule has 1 N–H and O–H groups in total. The fourth-order valence-corrected chi connectivity index (χ4v) is 3.60. The van der Waals surface area contributed by atoms with E-state index in [-0.39, 0.29) is 16.1 Å². The molecular formula is C17H14F3N3O2S. The summed E-state index contributed by atoms with van der Waals surface area (Å²) in [6.07, 6.45) is -3.08. The summed E-state index contributed by atoms with van der Waals surface area (Å²) in [5.74, 6) is -0.577. The molecule has 0 saturated heterocycles. The molecule has 0 aliphatic carbocycles. The van der Waals surface area contributed by atoms with Gasteiger partial charge in [-0.25, -0.2) is 4.98 Å². The molecule has 0 unspecified atom stereocenters. The highest BCUT2D eigenvalue weighted by Crippen LogP contribution is 2.31. The number of amides is 1. The van der Waals surface area contributed by atoms with E-state index >= 15 is 0 Å². The van der Waals surface area contributed by atoms with Crippen LogP contribution < -0.4 is 10.9 Å². The molecule has 1 aromatic carbocycles. The number of aromatic nitrogens is 2. The van der Waals surface area contributed by atoms with Gasteiger partial charge in [0.2, 0.25) is 0 Å². The highest BCUT2D eigenvalue weighted by Gasteiger charge is 2.30. The van der Waals surface area contributed by atoms with Gasteiger partial charge in [-0.05, 0) is 37.6 Å². The minimum Gasteiger partial charge on any atom is -0.321 e. The first kappa shape index (κ1) is 18.1. The van der Waals surface area contributed by atoms with E-state index < -0.39 is 17.6 Å². The zero-order valence-electron chi connectivity index (χ0n) is 13.8. The van der Waals surface area contributed by atoms with E-state index in [0.29, 0.717) is 22.3 Å². The molecule has 0 saturated carbocycles. The van der Waals surface area contributed by atoms with Gasteiger partial charge in [-0.3, -0.25) is 14.2 Å². The summed E-state index contributed by atoms with van der Waals surface area (Å²) in [5, 5.41) is 2.81. The van der Waals surface area contributed by atoms with E-state index in [4.69, 9.17) is 0 Å². The van der Waals surface area contributed by atoms with Crippen molar-refractivity contribution in [2.24, 2.45) is 0 Å². The lowest BCUT2D eigenvalue weighted by atomic mass is 10.1. The number of fused-ring (bicyclic) bond motifs is 1. The Bertz CT molecular complexity index is 1050. The van der Waals surface area contributed by atoms with Crippen LogP contribution in [0.3, 0.4) is 0 Å². The predicted octanol–water partition coefficient (Wildman–Crippen LogP) is 4.06. The molecule has 26 heavy (non-hydrogen) atoms. The van der Waals surface area contributed by atoms with Crippen molar-refractivity contribution in [3.05, 3.63) is 57.0 Å². The number of hydrogen-bond acceptors (Lipinski definition) is 4. The van der Waals surface area contributed by atoms with E-state index in [0.717, 1.165) is 23.5 Å². The SMILES string of the molecule is CCn1cnc2sc(C(=O)Nc3cccc(C(F)(F)F)c3)c(C)c2c1=O. The third kappa shape index (κ3) is 3.22. The van der Waals surface area contributed by atoms with Crippen molar-refractivity contribution in [3.63, 3.8) is 0 Å². The van der Waals surface area contributed by atoms with Crippen molar-refractivity contribution < 1.29 is 18.0 Å². The summed E-state index contributed by atoms with van der Waals surface area (Å²) in [6.45, 7) is 3.88. The Balaban J connectivity index is 1.98. The van der Waals surface area contributed by atoms with Crippen LogP contribution in [0.25, 0.3) is 10.2 Å². The average Bonchev–Trinajstić information content (AvgIpc) is 2.92. The fraction of sp³-hybridized carbons (Fsp3) is 0.235. The van der Waals surface area contributed by atoms with Crippen LogP contribution in [0, 0.1) is 6.92 Å². The van der Waals surface area contributed by atoms with Crippen molar-refractivity contribution >= 4 is 33.1 Å². The topological polar surface area (TPSA) is 64.0 Å². The van der Waals surface area contributed by atoms with Gasteiger partial charge in [-0.2, -0.15) is 13.2 Å². The number of carbonyl (C=O) groups excluding carboxylic acids is 1. The first-order chi connectivity index (χ1) is 12.2. The van der Waals surface area contributed by atoms with E-state index in [1.807, 2.05) is 0 Å². The van der Waals surface area contributed by atoms with Gasteiger partial charge < -0.3 is 5.32 Å². The summed E-state index contributed by atoms with van der Waals surface area (Å²) in [4.78, 5) is 29.8. The van der Waals surface area contributed by atoms with Crippen molar-refractivity contribution in [1.29, 1.82) is 0 Å². The maximum Gasteiger partial charge on any atom is 0.416 e. The van der Waals surface area contributed by atoms with Crippen LogP contribution in [0.15, 0.2) is 35.4 Å². The Morgan fingerprint density at radius 1 is 1.35 bits per heavy atom. The molecule has 3 rings (SSSR count). The summed E-state index contributed by atoms with van der Waals surface area (Å²) < 4.78 is 39.8. The van der Waals surface area contributed by atoms with E-state index in [2.05, 4.69) is 10.3 Å². The van der Waals surface area contributed by atoms with Crippen LogP contribution in [0.1, 0.15) is 27.7 Å². The zero-order valence-corrected chi connectivity index (χ0v) is 14.7. The van der Waals surface area contributed by atoms with Gasteiger partial charge in [-0.1, -0.05) is 6.07 Å². The van der Waals surface area contributed by atoms with Crippen LogP contribution in [0.5, 0.6) is 0 Å². The Labute approximate surface area is 150 Å². The number of aryl methyl sites for hydroxylation is 2.